The van der Waals surface area contributed by atoms with Crippen molar-refractivity contribution in [3.05, 3.63) is 20.8 Å². The standard InChI is InChI=1S/C8H7ClO2S/c9-7-5(8(10)11)3-6(12-7)4-1-2-4/h3-4H,1-2H2,(H,10,11). The zero-order valence-corrected chi connectivity index (χ0v) is 7.78. The molecular formula is C8H7ClO2S. The van der Waals surface area contributed by atoms with E-state index in [-0.39, 0.29) is 5.56 Å². The van der Waals surface area contributed by atoms with Gasteiger partial charge in [0.05, 0.1) is 5.56 Å². The lowest BCUT2D eigenvalue weighted by Gasteiger charge is -1.85. The van der Waals surface area contributed by atoms with Crippen molar-refractivity contribution in [2.75, 3.05) is 0 Å². The van der Waals surface area contributed by atoms with Crippen LogP contribution in [0, 0.1) is 0 Å². The Kier molecular flexibility index (Phi) is 1.85. The Balaban J connectivity index is 2.36. The van der Waals surface area contributed by atoms with Crippen molar-refractivity contribution in [1.82, 2.24) is 0 Å². The summed E-state index contributed by atoms with van der Waals surface area (Å²) >= 11 is 7.15. The SMILES string of the molecule is O=C(O)c1cc(C2CC2)sc1Cl. The first kappa shape index (κ1) is 8.08. The van der Waals surface area contributed by atoms with Crippen molar-refractivity contribution >= 4 is 28.9 Å². The molecule has 2 nitrogen and oxygen atoms in total. The van der Waals surface area contributed by atoms with Gasteiger partial charge in [0.2, 0.25) is 0 Å². The van der Waals surface area contributed by atoms with Crippen LogP contribution in [0.4, 0.5) is 0 Å². The van der Waals surface area contributed by atoms with Gasteiger partial charge in [-0.05, 0) is 24.8 Å². The molecule has 0 bridgehead atoms. The van der Waals surface area contributed by atoms with Gasteiger partial charge in [-0.2, -0.15) is 0 Å². The van der Waals surface area contributed by atoms with Gasteiger partial charge < -0.3 is 5.11 Å². The van der Waals surface area contributed by atoms with Crippen LogP contribution in [0.25, 0.3) is 0 Å². The van der Waals surface area contributed by atoms with Crippen LogP contribution in [0.15, 0.2) is 6.07 Å². The monoisotopic (exact) mass is 202 g/mol. The lowest BCUT2D eigenvalue weighted by atomic mass is 10.2. The highest BCUT2D eigenvalue weighted by Crippen LogP contribution is 2.45. The fraction of sp³-hybridized carbons (Fsp3) is 0.375. The quantitative estimate of drug-likeness (QED) is 0.801. The second-order valence-electron chi connectivity index (χ2n) is 2.92. The topological polar surface area (TPSA) is 37.3 Å². The number of carboxylic acid groups (broad SMARTS) is 1. The average Bonchev–Trinajstić information content (AvgIpc) is 2.75. The van der Waals surface area contributed by atoms with E-state index in [0.717, 1.165) is 4.88 Å². The third-order valence-electron chi connectivity index (χ3n) is 1.92. The number of carbonyl (C=O) groups is 1. The molecule has 1 aliphatic carbocycles. The van der Waals surface area contributed by atoms with E-state index in [2.05, 4.69) is 0 Å². The van der Waals surface area contributed by atoms with Crippen molar-refractivity contribution in [3.63, 3.8) is 0 Å². The Bertz CT molecular complexity index is 328. The number of halogens is 1. The summed E-state index contributed by atoms with van der Waals surface area (Å²) in [5, 5.41) is 8.70. The van der Waals surface area contributed by atoms with Crippen molar-refractivity contribution in [2.24, 2.45) is 0 Å². The van der Waals surface area contributed by atoms with Crippen LogP contribution in [0.2, 0.25) is 4.34 Å². The zero-order valence-electron chi connectivity index (χ0n) is 6.21. The van der Waals surface area contributed by atoms with Crippen LogP contribution < -0.4 is 0 Å². The minimum Gasteiger partial charge on any atom is -0.478 e. The molecule has 0 atom stereocenters. The molecule has 0 spiro atoms. The minimum absolute atomic E-state index is 0.253. The summed E-state index contributed by atoms with van der Waals surface area (Å²) in [7, 11) is 0. The summed E-state index contributed by atoms with van der Waals surface area (Å²) in [6, 6.07) is 1.70. The Labute approximate surface area is 78.8 Å². The summed E-state index contributed by atoms with van der Waals surface area (Å²) in [5.41, 5.74) is 0.253. The summed E-state index contributed by atoms with van der Waals surface area (Å²) in [4.78, 5) is 11.7. The summed E-state index contributed by atoms with van der Waals surface area (Å²) < 4.78 is 0.407. The maximum absolute atomic E-state index is 10.6. The first-order chi connectivity index (χ1) is 5.68. The first-order valence-electron chi connectivity index (χ1n) is 3.71. The lowest BCUT2D eigenvalue weighted by molar-refractivity contribution is 0.0697. The van der Waals surface area contributed by atoms with Crippen molar-refractivity contribution in [3.8, 4) is 0 Å². The largest absolute Gasteiger partial charge is 0.478 e. The highest BCUT2D eigenvalue weighted by Gasteiger charge is 2.27. The molecule has 0 radical (unpaired) electrons. The molecule has 4 heteroatoms. The third-order valence-corrected chi connectivity index (χ3v) is 3.44. The number of rotatable bonds is 2. The predicted octanol–water partition coefficient (Wildman–Crippen LogP) is 2.98. The smallest absolute Gasteiger partial charge is 0.338 e. The predicted molar refractivity (Wildman–Crippen MR) is 48.3 cm³/mol. The molecule has 2 rings (SSSR count). The molecule has 1 aromatic heterocycles. The van der Waals surface area contributed by atoms with E-state index in [0.29, 0.717) is 10.3 Å². The molecule has 1 aliphatic rings. The fourth-order valence-electron chi connectivity index (χ4n) is 1.10. The number of carboxylic acids is 1. The van der Waals surface area contributed by atoms with Gasteiger partial charge >= 0.3 is 5.97 Å². The van der Waals surface area contributed by atoms with E-state index in [1.165, 1.54) is 24.2 Å². The Morgan fingerprint density at radius 2 is 2.33 bits per heavy atom. The van der Waals surface area contributed by atoms with Gasteiger partial charge in [0.25, 0.3) is 0 Å². The van der Waals surface area contributed by atoms with Gasteiger partial charge in [-0.15, -0.1) is 11.3 Å². The van der Waals surface area contributed by atoms with E-state index in [4.69, 9.17) is 16.7 Å². The van der Waals surface area contributed by atoms with E-state index in [1.807, 2.05) is 0 Å². The molecule has 0 unspecified atom stereocenters. The molecule has 1 heterocycles. The van der Waals surface area contributed by atoms with E-state index >= 15 is 0 Å². The molecule has 0 aliphatic heterocycles. The molecule has 0 saturated heterocycles. The van der Waals surface area contributed by atoms with Crippen LogP contribution in [0.3, 0.4) is 0 Å². The van der Waals surface area contributed by atoms with Crippen molar-refractivity contribution in [2.45, 2.75) is 18.8 Å². The molecule has 64 valence electrons. The number of hydrogen-bond acceptors (Lipinski definition) is 2. The molecule has 1 fully saturated rings. The third kappa shape index (κ3) is 1.34. The normalized spacial score (nSPS) is 16.4. The van der Waals surface area contributed by atoms with Crippen molar-refractivity contribution in [1.29, 1.82) is 0 Å². The van der Waals surface area contributed by atoms with E-state index in [1.54, 1.807) is 6.07 Å². The molecule has 1 saturated carbocycles. The molecule has 12 heavy (non-hydrogen) atoms. The Morgan fingerprint density at radius 1 is 1.67 bits per heavy atom. The van der Waals surface area contributed by atoms with Crippen molar-refractivity contribution < 1.29 is 9.90 Å². The first-order valence-corrected chi connectivity index (χ1v) is 4.90. The van der Waals surface area contributed by atoms with E-state index in [9.17, 15) is 4.79 Å². The highest BCUT2D eigenvalue weighted by atomic mass is 35.5. The molecule has 0 aromatic carbocycles. The van der Waals surface area contributed by atoms with Crippen LogP contribution in [-0.4, -0.2) is 11.1 Å². The van der Waals surface area contributed by atoms with Gasteiger partial charge in [-0.25, -0.2) is 4.79 Å². The van der Waals surface area contributed by atoms with Crippen LogP contribution in [-0.2, 0) is 0 Å². The molecule has 1 N–H and O–H groups in total. The maximum atomic E-state index is 10.6. The summed E-state index contributed by atoms with van der Waals surface area (Å²) in [6.45, 7) is 0. The van der Waals surface area contributed by atoms with E-state index < -0.39 is 5.97 Å². The van der Waals surface area contributed by atoms with Gasteiger partial charge in [0.1, 0.15) is 4.34 Å². The Morgan fingerprint density at radius 3 is 2.75 bits per heavy atom. The van der Waals surface area contributed by atoms with Gasteiger partial charge in [-0.3, -0.25) is 0 Å². The summed E-state index contributed by atoms with van der Waals surface area (Å²) in [6.07, 6.45) is 2.35. The summed E-state index contributed by atoms with van der Waals surface area (Å²) in [5.74, 6) is -0.344. The van der Waals surface area contributed by atoms with Gasteiger partial charge in [0, 0.05) is 4.88 Å². The fourth-order valence-corrected chi connectivity index (χ4v) is 2.55. The number of aromatic carboxylic acids is 1. The Hall–Kier alpha value is -0.540. The van der Waals surface area contributed by atoms with Gasteiger partial charge in [0.15, 0.2) is 0 Å². The lowest BCUT2D eigenvalue weighted by Crippen LogP contribution is -1.93. The molecule has 0 amide bonds. The number of hydrogen-bond donors (Lipinski definition) is 1. The highest BCUT2D eigenvalue weighted by molar-refractivity contribution is 7.16. The molecule has 1 aromatic rings. The van der Waals surface area contributed by atoms with Crippen LogP contribution in [0.5, 0.6) is 0 Å². The zero-order chi connectivity index (χ0) is 8.72. The number of thiophene rings is 1. The second kappa shape index (κ2) is 2.75. The van der Waals surface area contributed by atoms with Crippen LogP contribution in [0.1, 0.15) is 34.0 Å². The minimum atomic E-state index is -0.928. The maximum Gasteiger partial charge on any atom is 0.338 e. The second-order valence-corrected chi connectivity index (χ2v) is 4.60. The van der Waals surface area contributed by atoms with Gasteiger partial charge in [-0.1, -0.05) is 11.6 Å². The average molecular weight is 203 g/mol. The van der Waals surface area contributed by atoms with Crippen LogP contribution >= 0.6 is 22.9 Å². The molecular weight excluding hydrogens is 196 g/mol.